The van der Waals surface area contributed by atoms with Gasteiger partial charge in [-0.2, -0.15) is 0 Å². The SMILES string of the molecule is CCCCN(C)C1CCC(C)(C)C1N. The van der Waals surface area contributed by atoms with Gasteiger partial charge in [0, 0.05) is 12.1 Å². The molecule has 2 heteroatoms. The zero-order valence-electron chi connectivity index (χ0n) is 10.2. The molecule has 1 aliphatic rings. The topological polar surface area (TPSA) is 29.3 Å². The summed E-state index contributed by atoms with van der Waals surface area (Å²) in [7, 11) is 2.22. The number of likely N-dealkylation sites (N-methyl/N-ethyl adjacent to an activating group) is 1. The Hall–Kier alpha value is -0.0800. The van der Waals surface area contributed by atoms with Crippen LogP contribution in [0.3, 0.4) is 0 Å². The maximum atomic E-state index is 6.29. The normalized spacial score (nSPS) is 31.3. The van der Waals surface area contributed by atoms with E-state index in [2.05, 4.69) is 32.7 Å². The van der Waals surface area contributed by atoms with Crippen LogP contribution in [-0.4, -0.2) is 30.6 Å². The van der Waals surface area contributed by atoms with Crippen molar-refractivity contribution in [2.24, 2.45) is 11.1 Å². The van der Waals surface area contributed by atoms with Gasteiger partial charge in [0.05, 0.1) is 0 Å². The van der Waals surface area contributed by atoms with Gasteiger partial charge in [-0.05, 0) is 38.3 Å². The highest BCUT2D eigenvalue weighted by Crippen LogP contribution is 2.38. The highest BCUT2D eigenvalue weighted by atomic mass is 15.2. The standard InChI is InChI=1S/C12H26N2/c1-5-6-9-14(4)10-7-8-12(2,3)11(10)13/h10-11H,5-9,13H2,1-4H3. The first-order valence-corrected chi connectivity index (χ1v) is 5.95. The molecule has 0 aromatic rings. The summed E-state index contributed by atoms with van der Waals surface area (Å²) < 4.78 is 0. The van der Waals surface area contributed by atoms with Crippen LogP contribution >= 0.6 is 0 Å². The summed E-state index contributed by atoms with van der Waals surface area (Å²) in [5, 5.41) is 0. The number of nitrogens with two attached hydrogens (primary N) is 1. The third-order valence-corrected chi connectivity index (χ3v) is 3.83. The van der Waals surface area contributed by atoms with E-state index in [1.807, 2.05) is 0 Å². The van der Waals surface area contributed by atoms with Gasteiger partial charge >= 0.3 is 0 Å². The second kappa shape index (κ2) is 4.63. The number of rotatable bonds is 4. The van der Waals surface area contributed by atoms with Crippen molar-refractivity contribution < 1.29 is 0 Å². The second-order valence-electron chi connectivity index (χ2n) is 5.45. The Balaban J connectivity index is 2.46. The van der Waals surface area contributed by atoms with Gasteiger partial charge in [-0.1, -0.05) is 27.2 Å². The summed E-state index contributed by atoms with van der Waals surface area (Å²) in [6, 6.07) is 0.959. The van der Waals surface area contributed by atoms with E-state index >= 15 is 0 Å². The van der Waals surface area contributed by atoms with Crippen molar-refractivity contribution in [1.82, 2.24) is 4.90 Å². The Morgan fingerprint density at radius 1 is 1.43 bits per heavy atom. The summed E-state index contributed by atoms with van der Waals surface area (Å²) in [6.45, 7) is 8.04. The van der Waals surface area contributed by atoms with Crippen molar-refractivity contribution in [1.29, 1.82) is 0 Å². The summed E-state index contributed by atoms with van der Waals surface area (Å²) in [4.78, 5) is 2.46. The molecule has 0 saturated heterocycles. The van der Waals surface area contributed by atoms with Crippen LogP contribution in [0.15, 0.2) is 0 Å². The quantitative estimate of drug-likeness (QED) is 0.750. The van der Waals surface area contributed by atoms with Crippen LogP contribution in [0.4, 0.5) is 0 Å². The van der Waals surface area contributed by atoms with E-state index in [9.17, 15) is 0 Å². The highest BCUT2D eigenvalue weighted by Gasteiger charge is 2.40. The lowest BCUT2D eigenvalue weighted by atomic mass is 9.87. The van der Waals surface area contributed by atoms with Gasteiger partial charge in [0.15, 0.2) is 0 Å². The van der Waals surface area contributed by atoms with Gasteiger partial charge in [0.1, 0.15) is 0 Å². The predicted molar refractivity (Wildman–Crippen MR) is 62.3 cm³/mol. The summed E-state index contributed by atoms with van der Waals surface area (Å²) >= 11 is 0. The van der Waals surface area contributed by atoms with Gasteiger partial charge < -0.3 is 10.6 Å². The molecule has 0 aliphatic heterocycles. The maximum absolute atomic E-state index is 6.29. The molecule has 0 bridgehead atoms. The second-order valence-corrected chi connectivity index (χ2v) is 5.45. The molecule has 2 atom stereocenters. The fourth-order valence-electron chi connectivity index (χ4n) is 2.45. The first kappa shape index (κ1) is 12.0. The first-order valence-electron chi connectivity index (χ1n) is 5.95. The van der Waals surface area contributed by atoms with Crippen molar-refractivity contribution in [3.63, 3.8) is 0 Å². The van der Waals surface area contributed by atoms with Gasteiger partial charge in [0.25, 0.3) is 0 Å². The molecule has 2 nitrogen and oxygen atoms in total. The molecule has 0 aromatic heterocycles. The number of hydrogen-bond acceptors (Lipinski definition) is 2. The molecule has 1 aliphatic carbocycles. The van der Waals surface area contributed by atoms with Crippen molar-refractivity contribution in [2.45, 2.75) is 58.5 Å². The minimum atomic E-state index is 0.338. The van der Waals surface area contributed by atoms with Gasteiger partial charge in [0.2, 0.25) is 0 Å². The molecule has 0 amide bonds. The Kier molecular flexibility index (Phi) is 3.96. The van der Waals surface area contributed by atoms with Crippen LogP contribution in [0.1, 0.15) is 46.5 Å². The number of unbranched alkanes of at least 4 members (excludes halogenated alkanes) is 1. The lowest BCUT2D eigenvalue weighted by Crippen LogP contribution is -2.47. The average Bonchev–Trinajstić information content (AvgIpc) is 2.39. The maximum Gasteiger partial charge on any atom is 0.0249 e. The zero-order valence-corrected chi connectivity index (χ0v) is 10.2. The van der Waals surface area contributed by atoms with E-state index in [0.717, 1.165) is 0 Å². The van der Waals surface area contributed by atoms with Crippen LogP contribution in [0.2, 0.25) is 0 Å². The Labute approximate surface area is 88.8 Å². The Bertz CT molecular complexity index is 177. The van der Waals surface area contributed by atoms with E-state index in [0.29, 0.717) is 17.5 Å². The van der Waals surface area contributed by atoms with Gasteiger partial charge in [-0.15, -0.1) is 0 Å². The van der Waals surface area contributed by atoms with E-state index in [4.69, 9.17) is 5.73 Å². The van der Waals surface area contributed by atoms with Crippen molar-refractivity contribution >= 4 is 0 Å². The summed E-state index contributed by atoms with van der Waals surface area (Å²) in [5.41, 5.74) is 6.63. The van der Waals surface area contributed by atoms with Crippen LogP contribution in [0, 0.1) is 5.41 Å². The van der Waals surface area contributed by atoms with Crippen LogP contribution in [0.25, 0.3) is 0 Å². The number of hydrogen-bond donors (Lipinski definition) is 1. The molecule has 2 N–H and O–H groups in total. The lowest BCUT2D eigenvalue weighted by Gasteiger charge is -2.32. The molecule has 0 aromatic carbocycles. The minimum absolute atomic E-state index is 0.338. The largest absolute Gasteiger partial charge is 0.326 e. The fourth-order valence-corrected chi connectivity index (χ4v) is 2.45. The van der Waals surface area contributed by atoms with E-state index in [-0.39, 0.29) is 0 Å². The van der Waals surface area contributed by atoms with Crippen LogP contribution in [-0.2, 0) is 0 Å². The molecule has 0 heterocycles. The first-order chi connectivity index (χ1) is 6.49. The summed E-state index contributed by atoms with van der Waals surface area (Å²) in [5.74, 6) is 0. The van der Waals surface area contributed by atoms with E-state index in [1.54, 1.807) is 0 Å². The smallest absolute Gasteiger partial charge is 0.0249 e. The average molecular weight is 198 g/mol. The molecule has 14 heavy (non-hydrogen) atoms. The molecular weight excluding hydrogens is 172 g/mol. The third-order valence-electron chi connectivity index (χ3n) is 3.83. The third kappa shape index (κ3) is 2.48. The molecule has 84 valence electrons. The van der Waals surface area contributed by atoms with Gasteiger partial charge in [-0.25, -0.2) is 0 Å². The summed E-state index contributed by atoms with van der Waals surface area (Å²) in [6.07, 6.45) is 5.11. The molecule has 2 unspecified atom stereocenters. The zero-order chi connectivity index (χ0) is 10.8. The van der Waals surface area contributed by atoms with E-state index in [1.165, 1.54) is 32.2 Å². The molecule has 1 fully saturated rings. The monoisotopic (exact) mass is 198 g/mol. The molecular formula is C12H26N2. The highest BCUT2D eigenvalue weighted by molar-refractivity contribution is 4.98. The fraction of sp³-hybridized carbons (Fsp3) is 1.00. The van der Waals surface area contributed by atoms with Crippen LogP contribution in [0.5, 0.6) is 0 Å². The van der Waals surface area contributed by atoms with E-state index < -0.39 is 0 Å². The predicted octanol–water partition coefficient (Wildman–Crippen LogP) is 2.23. The molecule has 1 rings (SSSR count). The van der Waals surface area contributed by atoms with Crippen molar-refractivity contribution in [3.05, 3.63) is 0 Å². The minimum Gasteiger partial charge on any atom is -0.326 e. The Morgan fingerprint density at radius 2 is 2.07 bits per heavy atom. The molecule has 0 radical (unpaired) electrons. The lowest BCUT2D eigenvalue weighted by molar-refractivity contribution is 0.196. The van der Waals surface area contributed by atoms with Gasteiger partial charge in [-0.3, -0.25) is 0 Å². The molecule has 0 spiro atoms. The molecule has 1 saturated carbocycles. The Morgan fingerprint density at radius 3 is 2.50 bits per heavy atom. The number of nitrogens with zero attached hydrogens (tertiary/aromatic N) is 1. The van der Waals surface area contributed by atoms with Crippen LogP contribution < -0.4 is 5.73 Å². The van der Waals surface area contributed by atoms with Crippen molar-refractivity contribution in [2.75, 3.05) is 13.6 Å². The van der Waals surface area contributed by atoms with Crippen molar-refractivity contribution in [3.8, 4) is 0 Å².